The van der Waals surface area contributed by atoms with Gasteiger partial charge in [0.15, 0.2) is 11.0 Å². The molecule has 5 rings (SSSR count). The molecule has 0 spiro atoms. The number of aromatic nitrogens is 2. The lowest BCUT2D eigenvalue weighted by Crippen LogP contribution is -2.20. The fourth-order valence-corrected chi connectivity index (χ4v) is 5.47. The van der Waals surface area contributed by atoms with Gasteiger partial charge in [0.25, 0.3) is 10.0 Å². The number of nitrogens with zero attached hydrogens (tertiary/aromatic N) is 2. The fraction of sp³-hybridized carbons (Fsp3) is 0.217. The maximum absolute atomic E-state index is 12.7. The van der Waals surface area contributed by atoms with Gasteiger partial charge in [-0.05, 0) is 25.1 Å². The van der Waals surface area contributed by atoms with Crippen LogP contribution in [0.2, 0.25) is 0 Å². The zero-order valence-electron chi connectivity index (χ0n) is 17.9. The number of hydrogen-bond donors (Lipinski definition) is 1. The van der Waals surface area contributed by atoms with Gasteiger partial charge in [0.2, 0.25) is 0 Å². The van der Waals surface area contributed by atoms with E-state index in [1.54, 1.807) is 36.9 Å². The molecule has 0 fully saturated rings. The lowest BCUT2D eigenvalue weighted by molar-refractivity contribution is 0.136. The standard InChI is InChI=1S/C23H21N3O5S2/c1-14-3-6-20(18(11-14)19-13-30-15(2)25-19)31-21-7-9-29-22-12-16(4-5-17(21)22)33(27,28)26-23-24-8-10-32-23/h3-6,8,10-13,21H,7,9H2,1-2H3,(H,24,26)/t21-/m1/s1. The minimum absolute atomic E-state index is 0.103. The van der Waals surface area contributed by atoms with E-state index in [1.807, 2.05) is 25.1 Å². The third-order valence-corrected chi connectivity index (χ3v) is 7.39. The average molecular weight is 484 g/mol. The van der Waals surface area contributed by atoms with Crippen molar-refractivity contribution in [2.75, 3.05) is 11.3 Å². The molecule has 170 valence electrons. The normalized spacial score (nSPS) is 15.5. The zero-order chi connectivity index (χ0) is 23.0. The number of hydrogen-bond acceptors (Lipinski definition) is 8. The highest BCUT2D eigenvalue weighted by molar-refractivity contribution is 7.93. The minimum atomic E-state index is -3.78. The van der Waals surface area contributed by atoms with Crippen molar-refractivity contribution in [1.82, 2.24) is 9.97 Å². The maximum atomic E-state index is 12.7. The second kappa shape index (κ2) is 8.53. The molecule has 1 N–H and O–H groups in total. The molecular weight excluding hydrogens is 462 g/mol. The summed E-state index contributed by atoms with van der Waals surface area (Å²) in [5, 5.41) is 2.01. The minimum Gasteiger partial charge on any atom is -0.493 e. The summed E-state index contributed by atoms with van der Waals surface area (Å²) in [7, 11) is -3.78. The number of aryl methyl sites for hydroxylation is 2. The quantitative estimate of drug-likeness (QED) is 0.406. The van der Waals surface area contributed by atoms with Crippen molar-refractivity contribution in [3.63, 3.8) is 0 Å². The second-order valence-electron chi connectivity index (χ2n) is 7.64. The van der Waals surface area contributed by atoms with Crippen molar-refractivity contribution in [3.05, 3.63) is 71.3 Å². The van der Waals surface area contributed by atoms with Gasteiger partial charge in [-0.25, -0.2) is 18.4 Å². The number of benzene rings is 2. The number of ether oxygens (including phenoxy) is 2. The van der Waals surface area contributed by atoms with E-state index in [0.29, 0.717) is 41.2 Å². The number of thiazole rings is 1. The Morgan fingerprint density at radius 1 is 1.18 bits per heavy atom. The number of fused-ring (bicyclic) bond motifs is 1. The topological polar surface area (TPSA) is 104 Å². The second-order valence-corrected chi connectivity index (χ2v) is 10.2. The summed E-state index contributed by atoms with van der Waals surface area (Å²) in [5.41, 5.74) is 3.41. The van der Waals surface area contributed by atoms with Crippen LogP contribution >= 0.6 is 11.3 Å². The van der Waals surface area contributed by atoms with Gasteiger partial charge < -0.3 is 13.9 Å². The molecule has 0 radical (unpaired) electrons. The Morgan fingerprint density at radius 2 is 2.06 bits per heavy atom. The van der Waals surface area contributed by atoms with Gasteiger partial charge in [-0.3, -0.25) is 4.72 Å². The zero-order valence-corrected chi connectivity index (χ0v) is 19.6. The Kier molecular flexibility index (Phi) is 5.55. The van der Waals surface area contributed by atoms with Crippen LogP contribution in [-0.4, -0.2) is 25.0 Å². The van der Waals surface area contributed by atoms with Gasteiger partial charge in [-0.1, -0.05) is 17.7 Å². The molecule has 4 aromatic rings. The molecule has 0 saturated carbocycles. The van der Waals surface area contributed by atoms with E-state index in [4.69, 9.17) is 13.9 Å². The van der Waals surface area contributed by atoms with Crippen molar-refractivity contribution < 1.29 is 22.3 Å². The van der Waals surface area contributed by atoms with Gasteiger partial charge in [0.1, 0.15) is 29.6 Å². The molecular formula is C23H21N3O5S2. The number of anilines is 1. The smallest absolute Gasteiger partial charge is 0.263 e. The third-order valence-electron chi connectivity index (χ3n) is 5.23. The molecule has 3 heterocycles. The number of sulfonamides is 1. The van der Waals surface area contributed by atoms with E-state index in [9.17, 15) is 8.42 Å². The molecule has 0 amide bonds. The largest absolute Gasteiger partial charge is 0.493 e. The Labute approximate surface area is 195 Å². The van der Waals surface area contributed by atoms with Crippen molar-refractivity contribution in [3.8, 4) is 22.8 Å². The molecule has 0 unspecified atom stereocenters. The molecule has 0 bridgehead atoms. The third kappa shape index (κ3) is 4.44. The first-order valence-corrected chi connectivity index (χ1v) is 12.6. The van der Waals surface area contributed by atoms with Gasteiger partial charge in [-0.2, -0.15) is 0 Å². The van der Waals surface area contributed by atoms with E-state index in [-0.39, 0.29) is 11.0 Å². The van der Waals surface area contributed by atoms with Gasteiger partial charge in [-0.15, -0.1) is 11.3 Å². The van der Waals surface area contributed by atoms with Crippen molar-refractivity contribution in [1.29, 1.82) is 0 Å². The Morgan fingerprint density at radius 3 is 2.82 bits per heavy atom. The number of oxazole rings is 1. The van der Waals surface area contributed by atoms with E-state index < -0.39 is 10.0 Å². The summed E-state index contributed by atoms with van der Waals surface area (Å²) in [4.78, 5) is 8.52. The average Bonchev–Trinajstić information content (AvgIpc) is 3.46. The van der Waals surface area contributed by atoms with Crippen molar-refractivity contribution in [2.24, 2.45) is 0 Å². The Balaban J connectivity index is 1.44. The van der Waals surface area contributed by atoms with E-state index in [2.05, 4.69) is 14.7 Å². The molecule has 1 aliphatic heterocycles. The lowest BCUT2D eigenvalue weighted by atomic mass is 10.0. The first kappa shape index (κ1) is 21.5. The van der Waals surface area contributed by atoms with E-state index in [0.717, 1.165) is 16.7 Å². The number of nitrogens with one attached hydrogen (secondary N) is 1. The SMILES string of the molecule is Cc1ccc(O[C@@H]2CCOc3cc(S(=O)(=O)Nc4nccs4)ccc32)c(-c2coc(C)n2)c1. The first-order chi connectivity index (χ1) is 15.9. The molecule has 2 aromatic heterocycles. The summed E-state index contributed by atoms with van der Waals surface area (Å²) < 4.78 is 45.6. The highest BCUT2D eigenvalue weighted by Crippen LogP contribution is 2.40. The lowest BCUT2D eigenvalue weighted by Gasteiger charge is -2.27. The van der Waals surface area contributed by atoms with Gasteiger partial charge in [0.05, 0.1) is 11.5 Å². The number of rotatable bonds is 6. The van der Waals surface area contributed by atoms with Crippen molar-refractivity contribution in [2.45, 2.75) is 31.3 Å². The van der Waals surface area contributed by atoms with E-state index >= 15 is 0 Å². The van der Waals surface area contributed by atoms with Crippen LogP contribution in [0.3, 0.4) is 0 Å². The first-order valence-electron chi connectivity index (χ1n) is 10.3. The molecule has 33 heavy (non-hydrogen) atoms. The van der Waals surface area contributed by atoms with Crippen LogP contribution in [0.5, 0.6) is 11.5 Å². The van der Waals surface area contributed by atoms with Crippen LogP contribution in [0.25, 0.3) is 11.3 Å². The summed E-state index contributed by atoms with van der Waals surface area (Å²) in [6.07, 6.45) is 3.48. The van der Waals surface area contributed by atoms with Gasteiger partial charge in [0, 0.05) is 42.1 Å². The highest BCUT2D eigenvalue weighted by Gasteiger charge is 2.27. The van der Waals surface area contributed by atoms with Crippen LogP contribution in [0.1, 0.15) is 29.5 Å². The summed E-state index contributed by atoms with van der Waals surface area (Å²) >= 11 is 1.21. The fourth-order valence-electron chi connectivity index (χ4n) is 3.66. The molecule has 0 saturated heterocycles. The Hall–Kier alpha value is -3.37. The molecule has 10 heteroatoms. The van der Waals surface area contributed by atoms with Crippen LogP contribution in [0.15, 0.2) is 63.6 Å². The summed E-state index contributed by atoms with van der Waals surface area (Å²) in [5.74, 6) is 1.74. The van der Waals surface area contributed by atoms with E-state index in [1.165, 1.54) is 17.4 Å². The van der Waals surface area contributed by atoms with Crippen LogP contribution in [0, 0.1) is 13.8 Å². The summed E-state index contributed by atoms with van der Waals surface area (Å²) in [6, 6.07) is 10.7. The van der Waals surface area contributed by atoms with Crippen molar-refractivity contribution >= 4 is 26.5 Å². The van der Waals surface area contributed by atoms with Gasteiger partial charge >= 0.3 is 0 Å². The van der Waals surface area contributed by atoms with Crippen LogP contribution in [0.4, 0.5) is 5.13 Å². The monoisotopic (exact) mass is 483 g/mol. The van der Waals surface area contributed by atoms with Crippen LogP contribution < -0.4 is 14.2 Å². The molecule has 8 nitrogen and oxygen atoms in total. The molecule has 0 aliphatic carbocycles. The highest BCUT2D eigenvalue weighted by atomic mass is 32.2. The predicted molar refractivity (Wildman–Crippen MR) is 124 cm³/mol. The summed E-state index contributed by atoms with van der Waals surface area (Å²) in [6.45, 7) is 4.21. The molecule has 2 aromatic carbocycles. The predicted octanol–water partition coefficient (Wildman–Crippen LogP) is 5.12. The molecule has 1 aliphatic rings. The molecule has 1 atom stereocenters. The maximum Gasteiger partial charge on any atom is 0.263 e. The van der Waals surface area contributed by atoms with Crippen LogP contribution in [-0.2, 0) is 10.0 Å². The Bertz CT molecular complexity index is 1400.